The fourth-order valence-electron chi connectivity index (χ4n) is 3.68. The Hall–Kier alpha value is -1.88. The summed E-state index contributed by atoms with van der Waals surface area (Å²) in [6.45, 7) is 6.50. The normalized spacial score (nSPS) is 24.9. The van der Waals surface area contributed by atoms with Gasteiger partial charge in [-0.2, -0.15) is 5.26 Å². The number of nitrogens with one attached hydrogen (secondary N) is 1. The molecule has 8 heteroatoms. The maximum atomic E-state index is 12.5. The van der Waals surface area contributed by atoms with Gasteiger partial charge in [0.15, 0.2) is 6.10 Å². The number of aromatic nitrogens is 1. The van der Waals surface area contributed by atoms with E-state index in [1.165, 1.54) is 0 Å². The van der Waals surface area contributed by atoms with E-state index in [-0.39, 0.29) is 18.1 Å². The molecule has 3 atom stereocenters. The average Bonchev–Trinajstić information content (AvgIpc) is 2.68. The van der Waals surface area contributed by atoms with E-state index in [1.807, 2.05) is 19.9 Å². The van der Waals surface area contributed by atoms with Crippen LogP contribution in [0.25, 0.3) is 0 Å². The summed E-state index contributed by atoms with van der Waals surface area (Å²) in [6, 6.07) is 3.75. The van der Waals surface area contributed by atoms with Gasteiger partial charge in [0.1, 0.15) is 11.9 Å². The number of nitriles is 1. The summed E-state index contributed by atoms with van der Waals surface area (Å²) in [6.07, 6.45) is 2.64. The van der Waals surface area contributed by atoms with Gasteiger partial charge in [-0.25, -0.2) is 4.98 Å². The van der Waals surface area contributed by atoms with Crippen molar-refractivity contribution in [2.75, 3.05) is 31.2 Å². The quantitative estimate of drug-likeness (QED) is 0.844. The second-order valence-electron chi connectivity index (χ2n) is 7.13. The Morgan fingerprint density at radius 3 is 2.74 bits per heavy atom. The molecule has 0 aliphatic carbocycles. The number of hydrogen-bond donors (Lipinski definition) is 1. The summed E-state index contributed by atoms with van der Waals surface area (Å²) in [5, 5.41) is 12.5. The molecular weight excluding hydrogens is 368 g/mol. The molecule has 3 rings (SSSR count). The summed E-state index contributed by atoms with van der Waals surface area (Å²) < 4.78 is 11.1. The number of carbonyl (C=O) groups excluding carboxylic acids is 1. The van der Waals surface area contributed by atoms with Gasteiger partial charge in [0.05, 0.1) is 29.9 Å². The molecule has 0 bridgehead atoms. The lowest BCUT2D eigenvalue weighted by Gasteiger charge is -2.37. The van der Waals surface area contributed by atoms with E-state index >= 15 is 0 Å². The molecular formula is C19H25ClN4O3. The van der Waals surface area contributed by atoms with Crippen molar-refractivity contribution in [2.24, 2.45) is 5.92 Å². The van der Waals surface area contributed by atoms with Crippen LogP contribution >= 0.6 is 11.6 Å². The van der Waals surface area contributed by atoms with Crippen LogP contribution in [-0.2, 0) is 14.3 Å². The number of ether oxygens (including phenoxy) is 2. The largest absolute Gasteiger partial charge is 0.373 e. The third-order valence-corrected chi connectivity index (χ3v) is 5.59. The molecule has 2 aliphatic heterocycles. The minimum absolute atomic E-state index is 0.0572. The smallest absolute Gasteiger partial charge is 0.252 e. The molecule has 2 aliphatic rings. The Kier molecular flexibility index (Phi) is 6.53. The second kappa shape index (κ2) is 8.87. The van der Waals surface area contributed by atoms with Crippen molar-refractivity contribution in [3.63, 3.8) is 0 Å². The van der Waals surface area contributed by atoms with Crippen molar-refractivity contribution in [1.29, 1.82) is 5.26 Å². The lowest BCUT2D eigenvalue weighted by molar-refractivity contribution is -0.162. The van der Waals surface area contributed by atoms with Crippen molar-refractivity contribution in [3.8, 4) is 6.07 Å². The number of pyridine rings is 1. The summed E-state index contributed by atoms with van der Waals surface area (Å²) in [4.78, 5) is 18.9. The fourth-order valence-corrected chi connectivity index (χ4v) is 3.97. The van der Waals surface area contributed by atoms with Crippen LogP contribution in [0.5, 0.6) is 0 Å². The summed E-state index contributed by atoms with van der Waals surface area (Å²) in [5.74, 6) is 0.989. The van der Waals surface area contributed by atoms with Crippen molar-refractivity contribution in [1.82, 2.24) is 10.3 Å². The van der Waals surface area contributed by atoms with Crippen LogP contribution in [0.4, 0.5) is 5.82 Å². The Labute approximate surface area is 164 Å². The molecule has 27 heavy (non-hydrogen) atoms. The molecule has 0 unspecified atom stereocenters. The molecule has 2 fully saturated rings. The predicted octanol–water partition coefficient (Wildman–Crippen LogP) is 2.13. The van der Waals surface area contributed by atoms with Crippen molar-refractivity contribution >= 4 is 23.3 Å². The van der Waals surface area contributed by atoms with Crippen molar-refractivity contribution in [2.45, 2.75) is 44.9 Å². The first-order valence-corrected chi connectivity index (χ1v) is 9.71. The van der Waals surface area contributed by atoms with Crippen molar-refractivity contribution in [3.05, 3.63) is 22.8 Å². The fraction of sp³-hybridized carbons (Fsp3) is 0.632. The number of halogens is 1. The average molecular weight is 393 g/mol. The summed E-state index contributed by atoms with van der Waals surface area (Å²) in [7, 11) is 0. The third kappa shape index (κ3) is 4.70. The van der Waals surface area contributed by atoms with Crippen molar-refractivity contribution < 1.29 is 14.3 Å². The Morgan fingerprint density at radius 1 is 1.41 bits per heavy atom. The SMILES string of the molecule is C[C@@H](NC(=O)[C@@H]1OCCO[C@@H]1C)C1CCN(c2ncc(C#N)cc2Cl)CC1. The molecule has 1 N–H and O–H groups in total. The number of amides is 1. The van der Waals surface area contributed by atoms with Crippen LogP contribution in [-0.4, -0.2) is 55.4 Å². The molecule has 146 valence electrons. The first kappa shape index (κ1) is 19.9. The molecule has 7 nitrogen and oxygen atoms in total. The molecule has 1 amide bonds. The van der Waals surface area contributed by atoms with Crippen LogP contribution in [0.3, 0.4) is 0 Å². The zero-order valence-corrected chi connectivity index (χ0v) is 16.4. The van der Waals surface area contributed by atoms with E-state index in [9.17, 15) is 4.79 Å². The number of hydrogen-bond acceptors (Lipinski definition) is 6. The molecule has 0 aromatic carbocycles. The topological polar surface area (TPSA) is 87.5 Å². The van der Waals surface area contributed by atoms with E-state index in [4.69, 9.17) is 26.3 Å². The molecule has 1 aromatic heterocycles. The van der Waals surface area contributed by atoms with Crippen LogP contribution in [0.1, 0.15) is 32.3 Å². The van der Waals surface area contributed by atoms with Crippen LogP contribution < -0.4 is 10.2 Å². The lowest BCUT2D eigenvalue weighted by Crippen LogP contribution is -2.52. The Balaban J connectivity index is 1.52. The number of carbonyl (C=O) groups is 1. The predicted molar refractivity (Wildman–Crippen MR) is 102 cm³/mol. The summed E-state index contributed by atoms with van der Waals surface area (Å²) in [5.41, 5.74) is 0.457. The summed E-state index contributed by atoms with van der Waals surface area (Å²) >= 11 is 6.27. The molecule has 0 saturated carbocycles. The van der Waals surface area contributed by atoms with Gasteiger partial charge in [0.25, 0.3) is 5.91 Å². The van der Waals surface area contributed by atoms with E-state index in [0.29, 0.717) is 35.5 Å². The molecule has 2 saturated heterocycles. The van der Waals surface area contributed by atoms with Gasteiger partial charge in [-0.05, 0) is 38.7 Å². The highest BCUT2D eigenvalue weighted by Crippen LogP contribution is 2.29. The molecule has 0 spiro atoms. The van der Waals surface area contributed by atoms with Gasteiger partial charge in [-0.1, -0.05) is 11.6 Å². The highest BCUT2D eigenvalue weighted by Gasteiger charge is 2.33. The molecule has 3 heterocycles. The van der Waals surface area contributed by atoms with E-state index in [0.717, 1.165) is 25.9 Å². The monoisotopic (exact) mass is 392 g/mol. The maximum Gasteiger partial charge on any atom is 0.252 e. The number of anilines is 1. The van der Waals surface area contributed by atoms with Gasteiger partial charge >= 0.3 is 0 Å². The number of piperidine rings is 1. The highest BCUT2D eigenvalue weighted by molar-refractivity contribution is 6.33. The minimum atomic E-state index is -0.539. The standard InChI is InChI=1S/C19H25ClN4O3/c1-12(23-19(25)17-13(2)26-7-8-27-17)15-3-5-24(6-4-15)18-16(20)9-14(10-21)11-22-18/h9,11-13,15,17H,3-8H2,1-2H3,(H,23,25)/t12-,13-,17-/m1/s1. The minimum Gasteiger partial charge on any atom is -0.373 e. The van der Waals surface area contributed by atoms with Gasteiger partial charge in [-0.3, -0.25) is 4.79 Å². The van der Waals surface area contributed by atoms with Crippen LogP contribution in [0.15, 0.2) is 12.3 Å². The lowest BCUT2D eigenvalue weighted by atomic mass is 9.90. The van der Waals surface area contributed by atoms with Gasteiger partial charge in [-0.15, -0.1) is 0 Å². The maximum absolute atomic E-state index is 12.5. The zero-order valence-electron chi connectivity index (χ0n) is 15.7. The van der Waals surface area contributed by atoms with Gasteiger partial charge in [0, 0.05) is 25.3 Å². The number of rotatable bonds is 4. The molecule has 0 radical (unpaired) electrons. The molecule has 1 aromatic rings. The first-order chi connectivity index (χ1) is 13.0. The van der Waals surface area contributed by atoms with Crippen LogP contribution in [0, 0.1) is 17.2 Å². The first-order valence-electron chi connectivity index (χ1n) is 9.33. The van der Waals surface area contributed by atoms with E-state index in [2.05, 4.69) is 15.2 Å². The Morgan fingerprint density at radius 2 is 2.11 bits per heavy atom. The van der Waals surface area contributed by atoms with Crippen LogP contribution in [0.2, 0.25) is 5.02 Å². The Bertz CT molecular complexity index is 715. The van der Waals surface area contributed by atoms with Gasteiger partial charge < -0.3 is 19.7 Å². The second-order valence-corrected chi connectivity index (χ2v) is 7.54. The highest BCUT2D eigenvalue weighted by atomic mass is 35.5. The van der Waals surface area contributed by atoms with E-state index in [1.54, 1.807) is 12.3 Å². The van der Waals surface area contributed by atoms with E-state index < -0.39 is 6.10 Å². The zero-order chi connectivity index (χ0) is 19.4. The third-order valence-electron chi connectivity index (χ3n) is 5.31. The number of nitrogens with zero attached hydrogens (tertiary/aromatic N) is 3. The van der Waals surface area contributed by atoms with Gasteiger partial charge in [0.2, 0.25) is 0 Å².